The van der Waals surface area contributed by atoms with Crippen molar-refractivity contribution in [3.8, 4) is 0 Å². The molecular formula is C15H29N3O2. The fraction of sp³-hybridized carbons (Fsp3) is 0.867. The first kappa shape index (κ1) is 17.1. The average molecular weight is 283 g/mol. The zero-order valence-corrected chi connectivity index (χ0v) is 13.9. The summed E-state index contributed by atoms with van der Waals surface area (Å²) >= 11 is 0. The van der Waals surface area contributed by atoms with E-state index >= 15 is 0 Å². The molecular weight excluding hydrogens is 254 g/mol. The molecule has 20 heavy (non-hydrogen) atoms. The van der Waals surface area contributed by atoms with Crippen LogP contribution < -0.4 is 0 Å². The summed E-state index contributed by atoms with van der Waals surface area (Å²) in [7, 11) is 1.70. The van der Waals surface area contributed by atoms with Gasteiger partial charge >= 0.3 is 0 Å². The molecule has 0 bridgehead atoms. The van der Waals surface area contributed by atoms with Gasteiger partial charge in [-0.25, -0.2) is 4.68 Å². The molecule has 0 aliphatic heterocycles. The largest absolute Gasteiger partial charge is 0.377 e. The van der Waals surface area contributed by atoms with Crippen molar-refractivity contribution >= 4 is 0 Å². The molecule has 1 atom stereocenters. The van der Waals surface area contributed by atoms with Crippen LogP contribution in [-0.2, 0) is 22.4 Å². The molecule has 0 aliphatic rings. The third-order valence-electron chi connectivity index (χ3n) is 2.72. The standard InChI is InChI=1S/C15H29N3O2/c1-14(2,3)8-12-9-18(17-16-12)10-13(19-7)11-20-15(4,5)6/h9,13H,8,10-11H2,1-7H3. The van der Waals surface area contributed by atoms with Gasteiger partial charge in [0, 0.05) is 13.3 Å². The number of rotatable bonds is 6. The lowest BCUT2D eigenvalue weighted by Gasteiger charge is -2.23. The molecule has 0 radical (unpaired) electrons. The van der Waals surface area contributed by atoms with Crippen LogP contribution >= 0.6 is 0 Å². The van der Waals surface area contributed by atoms with Crippen molar-refractivity contribution in [3.05, 3.63) is 11.9 Å². The lowest BCUT2D eigenvalue weighted by atomic mass is 9.91. The monoisotopic (exact) mass is 283 g/mol. The number of nitrogens with zero attached hydrogens (tertiary/aromatic N) is 3. The predicted octanol–water partition coefficient (Wildman–Crippen LogP) is 2.70. The maximum atomic E-state index is 5.76. The van der Waals surface area contributed by atoms with Crippen molar-refractivity contribution in [1.82, 2.24) is 15.0 Å². The minimum atomic E-state index is -0.156. The highest BCUT2D eigenvalue weighted by Gasteiger charge is 2.17. The molecule has 1 heterocycles. The lowest BCUT2D eigenvalue weighted by molar-refractivity contribution is -0.0659. The van der Waals surface area contributed by atoms with Crippen LogP contribution in [0.5, 0.6) is 0 Å². The van der Waals surface area contributed by atoms with Gasteiger partial charge in [0.05, 0.1) is 24.4 Å². The fourth-order valence-corrected chi connectivity index (χ4v) is 1.80. The molecule has 0 fully saturated rings. The van der Waals surface area contributed by atoms with Gasteiger partial charge in [-0.2, -0.15) is 0 Å². The van der Waals surface area contributed by atoms with Gasteiger partial charge < -0.3 is 9.47 Å². The Morgan fingerprint density at radius 3 is 2.35 bits per heavy atom. The van der Waals surface area contributed by atoms with Gasteiger partial charge in [-0.15, -0.1) is 5.10 Å². The minimum absolute atomic E-state index is 0.0154. The van der Waals surface area contributed by atoms with E-state index in [0.717, 1.165) is 12.1 Å². The van der Waals surface area contributed by atoms with Gasteiger partial charge in [0.1, 0.15) is 6.10 Å². The summed E-state index contributed by atoms with van der Waals surface area (Å²) in [6, 6.07) is 0. The maximum absolute atomic E-state index is 5.76. The third-order valence-corrected chi connectivity index (χ3v) is 2.72. The van der Waals surface area contributed by atoms with E-state index in [1.54, 1.807) is 7.11 Å². The zero-order valence-electron chi connectivity index (χ0n) is 13.9. The van der Waals surface area contributed by atoms with E-state index in [2.05, 4.69) is 31.1 Å². The Kier molecular flexibility index (Phi) is 5.71. The second-order valence-electron chi connectivity index (χ2n) is 7.45. The highest BCUT2D eigenvalue weighted by Crippen LogP contribution is 2.18. The van der Waals surface area contributed by atoms with Crippen molar-refractivity contribution < 1.29 is 9.47 Å². The topological polar surface area (TPSA) is 49.2 Å². The smallest absolute Gasteiger partial charge is 0.100 e. The predicted molar refractivity (Wildman–Crippen MR) is 79.7 cm³/mol. The summed E-state index contributed by atoms with van der Waals surface area (Å²) in [5.41, 5.74) is 1.08. The summed E-state index contributed by atoms with van der Waals surface area (Å²) in [6.45, 7) is 13.9. The first-order chi connectivity index (χ1) is 9.09. The summed E-state index contributed by atoms with van der Waals surface area (Å²) in [5, 5.41) is 8.38. The molecule has 5 heteroatoms. The molecule has 1 aromatic heterocycles. The molecule has 1 aromatic rings. The SMILES string of the molecule is COC(COC(C)(C)C)Cn1cc(CC(C)(C)C)nn1. The summed E-state index contributed by atoms with van der Waals surface area (Å²) in [6.07, 6.45) is 2.90. The van der Waals surface area contributed by atoms with Gasteiger partial charge in [0.15, 0.2) is 0 Å². The molecule has 0 N–H and O–H groups in total. The van der Waals surface area contributed by atoms with E-state index in [9.17, 15) is 0 Å². The molecule has 0 spiro atoms. The van der Waals surface area contributed by atoms with E-state index in [0.29, 0.717) is 13.2 Å². The van der Waals surface area contributed by atoms with Crippen molar-refractivity contribution in [3.63, 3.8) is 0 Å². The molecule has 0 amide bonds. The van der Waals surface area contributed by atoms with Gasteiger partial charge in [-0.3, -0.25) is 0 Å². The average Bonchev–Trinajstić information content (AvgIpc) is 2.67. The number of ether oxygens (including phenoxy) is 2. The van der Waals surface area contributed by atoms with Gasteiger partial charge in [0.25, 0.3) is 0 Å². The van der Waals surface area contributed by atoms with Crippen LogP contribution in [0.1, 0.15) is 47.2 Å². The van der Waals surface area contributed by atoms with Crippen LogP contribution in [0.3, 0.4) is 0 Å². The summed E-state index contributed by atoms with van der Waals surface area (Å²) < 4.78 is 13.0. The normalized spacial score (nSPS) is 14.6. The van der Waals surface area contributed by atoms with E-state index in [-0.39, 0.29) is 17.1 Å². The molecule has 0 saturated carbocycles. The molecule has 0 aromatic carbocycles. The first-order valence-electron chi connectivity index (χ1n) is 7.15. The highest BCUT2D eigenvalue weighted by molar-refractivity contribution is 4.96. The second-order valence-corrected chi connectivity index (χ2v) is 7.45. The van der Waals surface area contributed by atoms with Crippen LogP contribution in [0.15, 0.2) is 6.20 Å². The Bertz CT molecular complexity index is 402. The quantitative estimate of drug-likeness (QED) is 0.805. The Balaban J connectivity index is 2.53. The Morgan fingerprint density at radius 2 is 1.85 bits per heavy atom. The molecule has 5 nitrogen and oxygen atoms in total. The van der Waals surface area contributed by atoms with Gasteiger partial charge in [-0.05, 0) is 32.6 Å². The Labute approximate surface area is 122 Å². The minimum Gasteiger partial charge on any atom is -0.377 e. The van der Waals surface area contributed by atoms with Crippen LogP contribution in [-0.4, -0.2) is 40.4 Å². The first-order valence-corrected chi connectivity index (χ1v) is 7.15. The molecule has 116 valence electrons. The van der Waals surface area contributed by atoms with Crippen molar-refractivity contribution in [1.29, 1.82) is 0 Å². The van der Waals surface area contributed by atoms with Gasteiger partial charge in [-0.1, -0.05) is 26.0 Å². The summed E-state index contributed by atoms with van der Waals surface area (Å²) in [4.78, 5) is 0. The van der Waals surface area contributed by atoms with Gasteiger partial charge in [0.2, 0.25) is 0 Å². The highest BCUT2D eigenvalue weighted by atomic mass is 16.5. The van der Waals surface area contributed by atoms with E-state index < -0.39 is 0 Å². The number of aromatic nitrogens is 3. The van der Waals surface area contributed by atoms with Crippen molar-refractivity contribution in [2.75, 3.05) is 13.7 Å². The maximum Gasteiger partial charge on any atom is 0.100 e. The number of methoxy groups -OCH3 is 1. The number of hydrogen-bond donors (Lipinski definition) is 0. The van der Waals surface area contributed by atoms with E-state index in [4.69, 9.17) is 9.47 Å². The third kappa shape index (κ3) is 7.01. The van der Waals surface area contributed by atoms with E-state index in [1.165, 1.54) is 0 Å². The van der Waals surface area contributed by atoms with Crippen LogP contribution in [0.2, 0.25) is 0 Å². The van der Waals surface area contributed by atoms with Crippen LogP contribution in [0, 0.1) is 5.41 Å². The molecule has 0 aliphatic carbocycles. The number of hydrogen-bond acceptors (Lipinski definition) is 4. The van der Waals surface area contributed by atoms with Crippen molar-refractivity contribution in [2.24, 2.45) is 5.41 Å². The van der Waals surface area contributed by atoms with Crippen LogP contribution in [0.25, 0.3) is 0 Å². The second kappa shape index (κ2) is 6.68. The van der Waals surface area contributed by atoms with Crippen molar-refractivity contribution in [2.45, 2.75) is 66.2 Å². The van der Waals surface area contributed by atoms with Crippen LogP contribution in [0.4, 0.5) is 0 Å². The Hall–Kier alpha value is -0.940. The molecule has 0 saturated heterocycles. The lowest BCUT2D eigenvalue weighted by Crippen LogP contribution is -2.30. The van der Waals surface area contributed by atoms with E-state index in [1.807, 2.05) is 31.6 Å². The zero-order chi connectivity index (χ0) is 15.4. The fourth-order valence-electron chi connectivity index (χ4n) is 1.80. The molecule has 1 rings (SSSR count). The summed E-state index contributed by atoms with van der Waals surface area (Å²) in [5.74, 6) is 0. The Morgan fingerprint density at radius 1 is 1.20 bits per heavy atom. The molecule has 1 unspecified atom stereocenters.